The Morgan fingerprint density at radius 3 is 2.07 bits per heavy atom. The van der Waals surface area contributed by atoms with Crippen LogP contribution in [0.25, 0.3) is 0 Å². The van der Waals surface area contributed by atoms with Crippen LogP contribution in [-0.2, 0) is 32.6 Å². The Kier molecular flexibility index (Phi) is 12.1. The number of sulfonamides is 1. The van der Waals surface area contributed by atoms with Gasteiger partial charge in [0.2, 0.25) is 11.8 Å². The van der Waals surface area contributed by atoms with Gasteiger partial charge in [0.05, 0.1) is 17.7 Å². The van der Waals surface area contributed by atoms with Crippen LogP contribution < -0.4 is 14.4 Å². The smallest absolute Gasteiger partial charge is 0.264 e. The third kappa shape index (κ3) is 8.81. The van der Waals surface area contributed by atoms with E-state index in [2.05, 4.69) is 5.32 Å². The zero-order valence-electron chi connectivity index (χ0n) is 25.9. The zero-order chi connectivity index (χ0) is 33.3. The molecule has 2 atom stereocenters. The zero-order valence-corrected chi connectivity index (χ0v) is 28.2. The number of methoxy groups -OCH3 is 1. The highest BCUT2D eigenvalue weighted by molar-refractivity contribution is 7.92. The summed E-state index contributed by atoms with van der Waals surface area (Å²) in [6.07, 6.45) is 0.890. The number of carbonyl (C=O) groups excluding carboxylic acids is 2. The third-order valence-corrected chi connectivity index (χ3v) is 9.82. The van der Waals surface area contributed by atoms with E-state index in [9.17, 15) is 18.0 Å². The SMILES string of the molecule is CC[C@@H](C)NC(=O)[C@@H](Cc1ccccc1)N(Cc1ccc(Cl)cc1)C(=O)CN(c1cc(Cl)ccc1OC)S(=O)(=O)c1ccccc1. The lowest BCUT2D eigenvalue weighted by molar-refractivity contribution is -0.140. The molecule has 2 amide bonds. The van der Waals surface area contributed by atoms with Crippen LogP contribution in [0.2, 0.25) is 10.0 Å². The minimum atomic E-state index is -4.31. The summed E-state index contributed by atoms with van der Waals surface area (Å²) in [6.45, 7) is 3.23. The fourth-order valence-electron chi connectivity index (χ4n) is 4.87. The summed E-state index contributed by atoms with van der Waals surface area (Å²) in [5.74, 6) is -0.744. The summed E-state index contributed by atoms with van der Waals surface area (Å²) >= 11 is 12.5. The second-order valence-corrected chi connectivity index (χ2v) is 13.5. The Morgan fingerprint density at radius 2 is 1.46 bits per heavy atom. The predicted molar refractivity (Wildman–Crippen MR) is 183 cm³/mol. The highest BCUT2D eigenvalue weighted by Gasteiger charge is 2.36. The molecule has 1 N–H and O–H groups in total. The molecular formula is C35H37Cl2N3O5S. The van der Waals surface area contributed by atoms with Gasteiger partial charge in [-0.1, -0.05) is 90.8 Å². The Labute approximate surface area is 280 Å². The summed E-state index contributed by atoms with van der Waals surface area (Å²) in [5.41, 5.74) is 1.64. The number of carbonyl (C=O) groups is 2. The Bertz CT molecular complexity index is 1720. The van der Waals surface area contributed by atoms with Crippen LogP contribution >= 0.6 is 23.2 Å². The van der Waals surface area contributed by atoms with Crippen molar-refractivity contribution in [2.24, 2.45) is 0 Å². The molecule has 4 rings (SSSR count). The van der Waals surface area contributed by atoms with Gasteiger partial charge in [0.25, 0.3) is 10.0 Å². The summed E-state index contributed by atoms with van der Waals surface area (Å²) in [6, 6.07) is 27.6. The maximum atomic E-state index is 14.6. The number of amides is 2. The number of nitrogens with one attached hydrogen (secondary N) is 1. The van der Waals surface area contributed by atoms with E-state index in [0.29, 0.717) is 17.0 Å². The number of ether oxygens (including phenoxy) is 1. The number of halogens is 2. The van der Waals surface area contributed by atoms with Crippen molar-refractivity contribution < 1.29 is 22.7 Å². The maximum absolute atomic E-state index is 14.6. The summed E-state index contributed by atoms with van der Waals surface area (Å²) in [7, 11) is -2.90. The first-order valence-corrected chi connectivity index (χ1v) is 17.0. The molecule has 8 nitrogen and oxygen atoms in total. The molecule has 242 valence electrons. The van der Waals surface area contributed by atoms with E-state index in [0.717, 1.165) is 9.87 Å². The highest BCUT2D eigenvalue weighted by atomic mass is 35.5. The second kappa shape index (κ2) is 16.0. The van der Waals surface area contributed by atoms with Crippen LogP contribution in [0.3, 0.4) is 0 Å². The van der Waals surface area contributed by atoms with E-state index in [1.165, 1.54) is 30.2 Å². The molecule has 0 fully saturated rings. The number of hydrogen-bond donors (Lipinski definition) is 1. The third-order valence-electron chi connectivity index (χ3n) is 7.56. The molecule has 0 spiro atoms. The quantitative estimate of drug-likeness (QED) is 0.159. The van der Waals surface area contributed by atoms with Crippen LogP contribution in [0.4, 0.5) is 5.69 Å². The first-order valence-electron chi connectivity index (χ1n) is 14.8. The number of anilines is 1. The van der Waals surface area contributed by atoms with Gasteiger partial charge in [-0.2, -0.15) is 0 Å². The molecule has 4 aromatic carbocycles. The molecule has 0 aliphatic rings. The van der Waals surface area contributed by atoms with Crippen molar-refractivity contribution in [2.75, 3.05) is 18.0 Å². The normalized spacial score (nSPS) is 12.5. The van der Waals surface area contributed by atoms with Gasteiger partial charge in [-0.3, -0.25) is 13.9 Å². The van der Waals surface area contributed by atoms with Crippen molar-refractivity contribution in [2.45, 2.75) is 50.2 Å². The topological polar surface area (TPSA) is 96.0 Å². The van der Waals surface area contributed by atoms with Crippen molar-refractivity contribution in [1.29, 1.82) is 0 Å². The van der Waals surface area contributed by atoms with Gasteiger partial charge in [0, 0.05) is 29.1 Å². The molecule has 0 bridgehead atoms. The van der Waals surface area contributed by atoms with Crippen molar-refractivity contribution in [3.8, 4) is 5.75 Å². The Hall–Kier alpha value is -4.05. The first-order chi connectivity index (χ1) is 22.0. The van der Waals surface area contributed by atoms with Crippen LogP contribution in [0.15, 0.2) is 108 Å². The molecular weight excluding hydrogens is 645 g/mol. The lowest BCUT2D eigenvalue weighted by atomic mass is 10.0. The molecule has 0 aliphatic carbocycles. The fraction of sp³-hybridized carbons (Fsp3) is 0.257. The van der Waals surface area contributed by atoms with Crippen LogP contribution in [0.5, 0.6) is 5.75 Å². The molecule has 11 heteroatoms. The lowest BCUT2D eigenvalue weighted by Crippen LogP contribution is -2.54. The van der Waals surface area contributed by atoms with Gasteiger partial charge in [0.1, 0.15) is 18.3 Å². The van der Waals surface area contributed by atoms with Crippen molar-refractivity contribution in [1.82, 2.24) is 10.2 Å². The molecule has 0 aromatic heterocycles. The summed E-state index contributed by atoms with van der Waals surface area (Å²) in [5, 5.41) is 3.80. The second-order valence-electron chi connectivity index (χ2n) is 10.8. The van der Waals surface area contributed by atoms with Crippen molar-refractivity contribution in [3.05, 3.63) is 124 Å². The molecule has 0 radical (unpaired) electrons. The number of rotatable bonds is 14. The van der Waals surface area contributed by atoms with Gasteiger partial charge in [-0.05, 0) is 66.9 Å². The predicted octanol–water partition coefficient (Wildman–Crippen LogP) is 6.75. The van der Waals surface area contributed by atoms with Crippen LogP contribution in [0.1, 0.15) is 31.4 Å². The minimum absolute atomic E-state index is 0.0212. The van der Waals surface area contributed by atoms with E-state index in [1.54, 1.807) is 54.6 Å². The number of hydrogen-bond acceptors (Lipinski definition) is 5. The average molecular weight is 683 g/mol. The van der Waals surface area contributed by atoms with E-state index in [4.69, 9.17) is 27.9 Å². The Balaban J connectivity index is 1.84. The van der Waals surface area contributed by atoms with Gasteiger partial charge in [-0.15, -0.1) is 0 Å². The molecule has 0 saturated heterocycles. The standard InChI is InChI=1S/C35H37Cl2N3O5S/c1-4-25(2)38-35(42)32(21-26-11-7-5-8-12-26)39(23-27-15-17-28(36)18-16-27)34(41)24-40(31-22-29(37)19-20-33(31)45-3)46(43,44)30-13-9-6-10-14-30/h5-20,22,25,32H,4,21,23-24H2,1-3H3,(H,38,42)/t25-,32-/m1/s1. The van der Waals surface area contributed by atoms with Crippen LogP contribution in [-0.4, -0.2) is 50.9 Å². The number of benzene rings is 4. The van der Waals surface area contributed by atoms with E-state index >= 15 is 0 Å². The monoisotopic (exact) mass is 681 g/mol. The first kappa shape index (κ1) is 34.8. The van der Waals surface area contributed by atoms with Crippen molar-refractivity contribution >= 4 is 50.7 Å². The fourth-order valence-corrected chi connectivity index (χ4v) is 6.60. The summed E-state index contributed by atoms with van der Waals surface area (Å²) in [4.78, 5) is 29.9. The van der Waals surface area contributed by atoms with Crippen molar-refractivity contribution in [3.63, 3.8) is 0 Å². The van der Waals surface area contributed by atoms with E-state index in [1.807, 2.05) is 44.2 Å². The number of nitrogens with zero attached hydrogens (tertiary/aromatic N) is 2. The lowest BCUT2D eigenvalue weighted by Gasteiger charge is -2.34. The molecule has 0 heterocycles. The maximum Gasteiger partial charge on any atom is 0.264 e. The molecule has 46 heavy (non-hydrogen) atoms. The van der Waals surface area contributed by atoms with Gasteiger partial charge in [-0.25, -0.2) is 8.42 Å². The summed E-state index contributed by atoms with van der Waals surface area (Å²) < 4.78 is 34.9. The van der Waals surface area contributed by atoms with Gasteiger partial charge < -0.3 is 15.0 Å². The van der Waals surface area contributed by atoms with Gasteiger partial charge in [0.15, 0.2) is 0 Å². The largest absolute Gasteiger partial charge is 0.495 e. The van der Waals surface area contributed by atoms with E-state index in [-0.39, 0.29) is 46.3 Å². The molecule has 0 saturated carbocycles. The molecule has 4 aromatic rings. The van der Waals surface area contributed by atoms with E-state index < -0.39 is 28.5 Å². The average Bonchev–Trinajstić information content (AvgIpc) is 3.06. The highest BCUT2D eigenvalue weighted by Crippen LogP contribution is 2.35. The molecule has 0 aliphatic heterocycles. The minimum Gasteiger partial charge on any atom is -0.495 e. The Morgan fingerprint density at radius 1 is 0.848 bits per heavy atom. The molecule has 0 unspecified atom stereocenters. The van der Waals surface area contributed by atoms with Crippen LogP contribution in [0, 0.1) is 0 Å². The van der Waals surface area contributed by atoms with Gasteiger partial charge >= 0.3 is 0 Å².